The molecule has 0 aliphatic heterocycles. The summed E-state index contributed by atoms with van der Waals surface area (Å²) in [6.07, 6.45) is 2.96. The average molecular weight is 337 g/mol. The van der Waals surface area contributed by atoms with Crippen LogP contribution in [0.4, 0.5) is 0 Å². The van der Waals surface area contributed by atoms with Crippen LogP contribution in [-0.4, -0.2) is 18.7 Å². The summed E-state index contributed by atoms with van der Waals surface area (Å²) in [5, 5.41) is 3.83. The summed E-state index contributed by atoms with van der Waals surface area (Å²) in [5.41, 5.74) is 2.85. The summed E-state index contributed by atoms with van der Waals surface area (Å²) in [6, 6.07) is 8.71. The maximum absolute atomic E-state index is 12.1. The van der Waals surface area contributed by atoms with E-state index in [1.165, 1.54) is 12.5 Å². The molecule has 0 spiro atoms. The summed E-state index contributed by atoms with van der Waals surface area (Å²) in [5.74, 6) is 0.725. The van der Waals surface area contributed by atoms with Crippen molar-refractivity contribution in [1.29, 1.82) is 0 Å². The third kappa shape index (κ3) is 3.71. The molecule has 0 bridgehead atoms. The number of ether oxygens (including phenoxy) is 1. The predicted octanol–water partition coefficient (Wildman–Crippen LogP) is 3.20. The molecule has 0 aliphatic rings. The lowest BCUT2D eigenvalue weighted by molar-refractivity contribution is 0.0951. The number of nitrogens with one attached hydrogen (secondary N) is 1. The first-order chi connectivity index (χ1) is 9.70. The fourth-order valence-corrected chi connectivity index (χ4v) is 1.90. The fraction of sp³-hybridized carbons (Fsp3) is 0.143. The number of carbonyl (C=O) groups is 1. The molecule has 0 radical (unpaired) electrons. The van der Waals surface area contributed by atoms with Crippen LogP contribution in [-0.2, 0) is 0 Å². The molecule has 1 aromatic carbocycles. The molecule has 1 N–H and O–H groups in total. The number of hydrogen-bond donors (Lipinski definition) is 1. The monoisotopic (exact) mass is 336 g/mol. The van der Waals surface area contributed by atoms with E-state index in [0.717, 1.165) is 4.47 Å². The molecule has 0 fully saturated rings. The van der Waals surface area contributed by atoms with Crippen molar-refractivity contribution in [1.82, 2.24) is 5.43 Å². The lowest BCUT2D eigenvalue weighted by Gasteiger charge is -2.09. The summed E-state index contributed by atoms with van der Waals surface area (Å²) < 4.78 is 11.3. The molecule has 5 nitrogen and oxygen atoms in total. The molecule has 1 heterocycles. The Bertz CT molecular complexity index is 609. The van der Waals surface area contributed by atoms with Gasteiger partial charge in [-0.3, -0.25) is 4.79 Å². The standard InChI is InChI=1S/C14H13BrN2O3/c1-2-19-13-6-5-10(15)8-12(13)14(18)17-16-9-11-4-3-7-20-11/h3-9H,2H2,1H3,(H,17,18). The summed E-state index contributed by atoms with van der Waals surface area (Å²) in [6.45, 7) is 2.34. The minimum atomic E-state index is -0.349. The van der Waals surface area contributed by atoms with Gasteiger partial charge < -0.3 is 9.15 Å². The first kappa shape index (κ1) is 14.3. The van der Waals surface area contributed by atoms with Crippen LogP contribution < -0.4 is 10.2 Å². The predicted molar refractivity (Wildman–Crippen MR) is 79.1 cm³/mol. The minimum Gasteiger partial charge on any atom is -0.493 e. The van der Waals surface area contributed by atoms with E-state index in [1.54, 1.807) is 24.3 Å². The highest BCUT2D eigenvalue weighted by Crippen LogP contribution is 2.23. The topological polar surface area (TPSA) is 63.8 Å². The molecule has 104 valence electrons. The molecular weight excluding hydrogens is 324 g/mol. The highest BCUT2D eigenvalue weighted by Gasteiger charge is 2.12. The molecular formula is C14H13BrN2O3. The van der Waals surface area contributed by atoms with Gasteiger partial charge in [0.05, 0.1) is 24.6 Å². The van der Waals surface area contributed by atoms with Crippen molar-refractivity contribution in [2.75, 3.05) is 6.61 Å². The van der Waals surface area contributed by atoms with E-state index in [0.29, 0.717) is 23.7 Å². The number of carbonyl (C=O) groups excluding carboxylic acids is 1. The number of hydrogen-bond acceptors (Lipinski definition) is 4. The van der Waals surface area contributed by atoms with Crippen molar-refractivity contribution in [2.24, 2.45) is 5.10 Å². The first-order valence-electron chi connectivity index (χ1n) is 6.00. The van der Waals surface area contributed by atoms with Crippen LogP contribution >= 0.6 is 15.9 Å². The van der Waals surface area contributed by atoms with Gasteiger partial charge in [-0.2, -0.15) is 5.10 Å². The lowest BCUT2D eigenvalue weighted by Crippen LogP contribution is -2.18. The highest BCUT2D eigenvalue weighted by molar-refractivity contribution is 9.10. The Hall–Kier alpha value is -2.08. The van der Waals surface area contributed by atoms with E-state index in [1.807, 2.05) is 13.0 Å². The van der Waals surface area contributed by atoms with Crippen molar-refractivity contribution in [3.05, 3.63) is 52.4 Å². The van der Waals surface area contributed by atoms with Crippen molar-refractivity contribution < 1.29 is 13.9 Å². The maximum atomic E-state index is 12.1. The van der Waals surface area contributed by atoms with E-state index >= 15 is 0 Å². The van der Waals surface area contributed by atoms with Crippen LogP contribution in [0, 0.1) is 0 Å². The fourth-order valence-electron chi connectivity index (χ4n) is 1.54. The van der Waals surface area contributed by atoms with E-state index < -0.39 is 0 Å². The van der Waals surface area contributed by atoms with Gasteiger partial charge in [-0.1, -0.05) is 15.9 Å². The number of benzene rings is 1. The molecule has 2 rings (SSSR count). The molecule has 0 atom stereocenters. The van der Waals surface area contributed by atoms with E-state index in [4.69, 9.17) is 9.15 Å². The molecule has 0 saturated carbocycles. The summed E-state index contributed by atoms with van der Waals surface area (Å²) in [7, 11) is 0. The Kier molecular flexibility index (Phi) is 4.95. The van der Waals surface area contributed by atoms with Gasteiger partial charge >= 0.3 is 0 Å². The molecule has 1 aromatic heterocycles. The van der Waals surface area contributed by atoms with Crippen LogP contribution in [0.25, 0.3) is 0 Å². The van der Waals surface area contributed by atoms with Gasteiger partial charge in [0.25, 0.3) is 5.91 Å². The van der Waals surface area contributed by atoms with Gasteiger partial charge in [-0.25, -0.2) is 5.43 Å². The number of furan rings is 1. The van der Waals surface area contributed by atoms with Gasteiger partial charge in [0, 0.05) is 4.47 Å². The van der Waals surface area contributed by atoms with Crippen LogP contribution in [0.3, 0.4) is 0 Å². The second kappa shape index (κ2) is 6.91. The summed E-state index contributed by atoms with van der Waals surface area (Å²) >= 11 is 3.33. The van der Waals surface area contributed by atoms with E-state index in [-0.39, 0.29) is 5.91 Å². The minimum absolute atomic E-state index is 0.349. The van der Waals surface area contributed by atoms with Crippen molar-refractivity contribution in [3.8, 4) is 5.75 Å². The van der Waals surface area contributed by atoms with Crippen LogP contribution in [0.5, 0.6) is 5.75 Å². The second-order valence-electron chi connectivity index (χ2n) is 3.79. The van der Waals surface area contributed by atoms with Gasteiger partial charge in [-0.05, 0) is 37.3 Å². The Morgan fingerprint density at radius 3 is 3.05 bits per heavy atom. The Morgan fingerprint density at radius 2 is 2.35 bits per heavy atom. The first-order valence-corrected chi connectivity index (χ1v) is 6.79. The molecule has 1 amide bonds. The SMILES string of the molecule is CCOc1ccc(Br)cc1C(=O)NN=Cc1ccco1. The van der Waals surface area contributed by atoms with Crippen molar-refractivity contribution in [2.45, 2.75) is 6.92 Å². The van der Waals surface area contributed by atoms with Crippen molar-refractivity contribution in [3.63, 3.8) is 0 Å². The smallest absolute Gasteiger partial charge is 0.275 e. The Balaban J connectivity index is 2.10. The molecule has 2 aromatic rings. The zero-order chi connectivity index (χ0) is 14.4. The number of hydrazone groups is 1. The second-order valence-corrected chi connectivity index (χ2v) is 4.70. The number of amides is 1. The Morgan fingerprint density at radius 1 is 1.50 bits per heavy atom. The zero-order valence-electron chi connectivity index (χ0n) is 10.8. The quantitative estimate of drug-likeness (QED) is 0.673. The third-order valence-electron chi connectivity index (χ3n) is 2.39. The largest absolute Gasteiger partial charge is 0.493 e. The number of rotatable bonds is 5. The Labute approximate surface area is 124 Å². The average Bonchev–Trinajstić information content (AvgIpc) is 2.94. The molecule has 0 saturated heterocycles. The molecule has 20 heavy (non-hydrogen) atoms. The van der Waals surface area contributed by atoms with Gasteiger partial charge in [0.2, 0.25) is 0 Å². The summed E-state index contributed by atoms with van der Waals surface area (Å²) in [4.78, 5) is 12.1. The van der Waals surface area contributed by atoms with Gasteiger partial charge in [0.1, 0.15) is 11.5 Å². The third-order valence-corrected chi connectivity index (χ3v) is 2.88. The van der Waals surface area contributed by atoms with Crippen LogP contribution in [0.1, 0.15) is 23.0 Å². The van der Waals surface area contributed by atoms with Crippen LogP contribution in [0.15, 0.2) is 50.6 Å². The number of nitrogens with zero attached hydrogens (tertiary/aromatic N) is 1. The van der Waals surface area contributed by atoms with Crippen molar-refractivity contribution >= 4 is 28.1 Å². The molecule has 0 aliphatic carbocycles. The van der Waals surface area contributed by atoms with Gasteiger partial charge in [0.15, 0.2) is 0 Å². The normalized spacial score (nSPS) is 10.7. The maximum Gasteiger partial charge on any atom is 0.275 e. The number of halogens is 1. The van der Waals surface area contributed by atoms with E-state index in [9.17, 15) is 4.79 Å². The van der Waals surface area contributed by atoms with Gasteiger partial charge in [-0.15, -0.1) is 0 Å². The molecule has 0 unspecified atom stereocenters. The highest BCUT2D eigenvalue weighted by atomic mass is 79.9. The van der Waals surface area contributed by atoms with E-state index in [2.05, 4.69) is 26.5 Å². The molecule has 6 heteroatoms. The zero-order valence-corrected chi connectivity index (χ0v) is 12.4. The van der Waals surface area contributed by atoms with Crippen LogP contribution in [0.2, 0.25) is 0 Å². The lowest BCUT2D eigenvalue weighted by atomic mass is 10.2.